The van der Waals surface area contributed by atoms with E-state index in [0.29, 0.717) is 51.8 Å². The summed E-state index contributed by atoms with van der Waals surface area (Å²) in [5.41, 5.74) is 5.97. The Kier molecular flexibility index (Phi) is 8.77. The number of amidine groups is 1. The van der Waals surface area contributed by atoms with Gasteiger partial charge in [-0.1, -0.05) is 44.1 Å². The van der Waals surface area contributed by atoms with Crippen molar-refractivity contribution in [1.29, 1.82) is 0 Å². The number of rotatable bonds is 4. The highest BCUT2D eigenvalue weighted by molar-refractivity contribution is 9.10. The van der Waals surface area contributed by atoms with Crippen molar-refractivity contribution in [2.75, 3.05) is 26.4 Å². The van der Waals surface area contributed by atoms with Crippen LogP contribution in [0.25, 0.3) is 0 Å². The minimum absolute atomic E-state index is 0.0138. The summed E-state index contributed by atoms with van der Waals surface area (Å²) in [6.07, 6.45) is 0. The van der Waals surface area contributed by atoms with Gasteiger partial charge in [-0.15, -0.1) is 0 Å². The van der Waals surface area contributed by atoms with E-state index >= 15 is 0 Å². The van der Waals surface area contributed by atoms with Gasteiger partial charge in [0.2, 0.25) is 0 Å². The molecule has 2 aromatic rings. The number of hydrogen-bond donors (Lipinski definition) is 2. The average Bonchev–Trinajstić information content (AvgIpc) is 2.78. The molecule has 0 spiro atoms. The summed E-state index contributed by atoms with van der Waals surface area (Å²) < 4.78 is 12.0. The Hall–Kier alpha value is -2.52. The normalized spacial score (nSPS) is 23.6. The molecule has 0 radical (unpaired) electrons. The van der Waals surface area contributed by atoms with Gasteiger partial charge in [0.1, 0.15) is 23.0 Å². The maximum Gasteiger partial charge on any atom is 0.270 e. The topological polar surface area (TPSA) is 155 Å². The van der Waals surface area contributed by atoms with Crippen molar-refractivity contribution in [2.24, 2.45) is 10.7 Å². The van der Waals surface area contributed by atoms with E-state index in [1.807, 2.05) is 19.9 Å². The molecule has 1 fully saturated rings. The quantitative estimate of drug-likeness (QED) is 0.278. The number of nitro groups is 2. The van der Waals surface area contributed by atoms with Crippen molar-refractivity contribution in [3.05, 3.63) is 76.7 Å². The number of non-ortho nitro benzene ring substituents is 2. The molecule has 0 amide bonds. The van der Waals surface area contributed by atoms with Crippen LogP contribution in [0.15, 0.2) is 50.3 Å². The minimum Gasteiger partial charge on any atom is -0.386 e. The Bertz CT molecular complexity index is 1250. The van der Waals surface area contributed by atoms with E-state index < -0.39 is 20.9 Å². The van der Waals surface area contributed by atoms with Crippen molar-refractivity contribution in [3.63, 3.8) is 0 Å². The fourth-order valence-corrected chi connectivity index (χ4v) is 5.03. The summed E-state index contributed by atoms with van der Waals surface area (Å²) in [7, 11) is 0. The van der Waals surface area contributed by atoms with Crippen LogP contribution in [-0.2, 0) is 20.6 Å². The molecule has 2 aromatic carbocycles. The number of nitrogens with two attached hydrogens (primary N) is 1. The van der Waals surface area contributed by atoms with E-state index in [1.165, 1.54) is 24.3 Å². The van der Waals surface area contributed by atoms with E-state index in [2.05, 4.69) is 42.2 Å². The van der Waals surface area contributed by atoms with Gasteiger partial charge in [-0.05, 0) is 37.1 Å². The molecule has 36 heavy (non-hydrogen) atoms. The fourth-order valence-electron chi connectivity index (χ4n) is 3.76. The number of hydrogen-bond acceptors (Lipinski definition) is 9. The molecule has 14 heteroatoms. The van der Waals surface area contributed by atoms with E-state index in [-0.39, 0.29) is 11.4 Å². The predicted octanol–water partition coefficient (Wildman–Crippen LogP) is 4.48. The van der Waals surface area contributed by atoms with Gasteiger partial charge in [-0.3, -0.25) is 25.2 Å². The van der Waals surface area contributed by atoms with Gasteiger partial charge in [0.25, 0.3) is 11.4 Å². The van der Waals surface area contributed by atoms with Gasteiger partial charge in [0.15, 0.2) is 0 Å². The monoisotopic (exact) mass is 643 g/mol. The Balaban J connectivity index is 0.000000201. The number of nitrogens with zero attached hydrogens (tertiary/aromatic N) is 3. The van der Waals surface area contributed by atoms with Gasteiger partial charge in [0, 0.05) is 33.2 Å². The largest absolute Gasteiger partial charge is 0.386 e. The molecular weight excluding hydrogens is 622 g/mol. The number of ether oxygens (including phenoxy) is 2. The molecule has 0 unspecified atom stereocenters. The number of halogens is 2. The number of nitrogens with one attached hydrogen (secondary N) is 1. The van der Waals surface area contributed by atoms with Gasteiger partial charge >= 0.3 is 0 Å². The summed E-state index contributed by atoms with van der Waals surface area (Å²) in [6.45, 7) is 5.20. The van der Waals surface area contributed by atoms with E-state index in [1.54, 1.807) is 6.07 Å². The molecule has 0 bridgehead atoms. The highest BCUT2D eigenvalue weighted by Gasteiger charge is 2.33. The first kappa shape index (κ1) is 28.1. The second-order valence-electron chi connectivity index (χ2n) is 8.65. The van der Waals surface area contributed by atoms with Crippen molar-refractivity contribution in [3.8, 4) is 0 Å². The SMILES string of the molecule is C[C@@]1(c2cc(Br)cc([N+](=O)[O-])c2)COCC(=S)N1.C[C@@]1(c2cc(Br)cc([N+](=O)[O-])c2)COCC(N)=N1. The van der Waals surface area contributed by atoms with Crippen LogP contribution in [0.5, 0.6) is 0 Å². The molecule has 2 aliphatic heterocycles. The number of aliphatic imine (C=N–C) groups is 1. The zero-order valence-corrected chi connectivity index (χ0v) is 23.3. The smallest absolute Gasteiger partial charge is 0.270 e. The van der Waals surface area contributed by atoms with E-state index in [0.717, 1.165) is 5.56 Å². The average molecular weight is 645 g/mol. The predicted molar refractivity (Wildman–Crippen MR) is 145 cm³/mol. The molecule has 0 saturated carbocycles. The number of morpholine rings is 1. The first-order valence-electron chi connectivity index (χ1n) is 10.5. The van der Waals surface area contributed by atoms with E-state index in [4.69, 9.17) is 27.4 Å². The standard InChI is InChI=1S/C11H12BrN3O3.C11H11BrN2O3S/c1-11(6-18-5-10(13)14-11)7-2-8(12)4-9(3-7)15(16)17;1-11(6-17-5-10(18)13-11)7-2-8(12)4-9(3-7)14(15)16/h2-4H,5-6H2,1H3,(H2,13,14);2-4H,5-6H2,1H3,(H,13,18)/t2*11-/m00/s1. The number of nitro benzene ring substituents is 2. The second kappa shape index (κ2) is 11.3. The molecule has 1 saturated heterocycles. The van der Waals surface area contributed by atoms with Crippen LogP contribution in [-0.4, -0.2) is 47.1 Å². The summed E-state index contributed by atoms with van der Waals surface area (Å²) in [4.78, 5) is 25.8. The Morgan fingerprint density at radius 2 is 1.47 bits per heavy atom. The number of benzene rings is 2. The van der Waals surface area contributed by atoms with Gasteiger partial charge in [-0.2, -0.15) is 0 Å². The maximum absolute atomic E-state index is 10.9. The Morgan fingerprint density at radius 1 is 0.944 bits per heavy atom. The maximum atomic E-state index is 10.9. The van der Waals surface area contributed by atoms with Crippen LogP contribution < -0.4 is 11.1 Å². The third-order valence-electron chi connectivity index (χ3n) is 5.51. The molecule has 0 aliphatic carbocycles. The third kappa shape index (κ3) is 6.82. The summed E-state index contributed by atoms with van der Waals surface area (Å²) in [5.74, 6) is 0.395. The van der Waals surface area contributed by atoms with Crippen LogP contribution >= 0.6 is 44.1 Å². The molecular formula is C22H23Br2N5O6S. The first-order valence-corrected chi connectivity index (χ1v) is 12.5. The summed E-state index contributed by atoms with van der Waals surface area (Å²) in [6, 6.07) is 9.57. The van der Waals surface area contributed by atoms with Gasteiger partial charge < -0.3 is 20.5 Å². The minimum atomic E-state index is -0.684. The molecule has 3 N–H and O–H groups in total. The van der Waals surface area contributed by atoms with Gasteiger partial charge in [0.05, 0.1) is 35.2 Å². The number of thiocarbonyl (C=S) groups is 1. The lowest BCUT2D eigenvalue weighted by atomic mass is 9.91. The summed E-state index contributed by atoms with van der Waals surface area (Å²) >= 11 is 11.6. The summed E-state index contributed by atoms with van der Waals surface area (Å²) in [5, 5.41) is 24.9. The lowest BCUT2D eigenvalue weighted by Gasteiger charge is -2.36. The van der Waals surface area contributed by atoms with Crippen molar-refractivity contribution in [2.45, 2.75) is 24.9 Å². The van der Waals surface area contributed by atoms with Crippen molar-refractivity contribution < 1.29 is 19.3 Å². The zero-order valence-electron chi connectivity index (χ0n) is 19.3. The molecule has 0 aromatic heterocycles. The van der Waals surface area contributed by atoms with Crippen molar-refractivity contribution >= 4 is 66.3 Å². The van der Waals surface area contributed by atoms with Crippen molar-refractivity contribution in [1.82, 2.24) is 5.32 Å². The molecule has 2 heterocycles. The van der Waals surface area contributed by atoms with Crippen LogP contribution in [0.3, 0.4) is 0 Å². The van der Waals surface area contributed by atoms with Crippen LogP contribution in [0.4, 0.5) is 11.4 Å². The molecule has 2 atom stereocenters. The first-order chi connectivity index (χ1) is 16.8. The zero-order chi connectivity index (χ0) is 26.7. The third-order valence-corrected chi connectivity index (χ3v) is 6.64. The van der Waals surface area contributed by atoms with Crippen LogP contribution in [0, 0.1) is 20.2 Å². The lowest BCUT2D eigenvalue weighted by molar-refractivity contribution is -0.385. The Labute approximate surface area is 229 Å². The molecule has 11 nitrogen and oxygen atoms in total. The molecule has 192 valence electrons. The van der Waals surface area contributed by atoms with E-state index in [9.17, 15) is 20.2 Å². The Morgan fingerprint density at radius 3 is 2.00 bits per heavy atom. The molecule has 2 aliphatic rings. The highest BCUT2D eigenvalue weighted by atomic mass is 79.9. The highest BCUT2D eigenvalue weighted by Crippen LogP contribution is 2.33. The second-order valence-corrected chi connectivity index (χ2v) is 11.0. The van der Waals surface area contributed by atoms with Crippen LogP contribution in [0.2, 0.25) is 0 Å². The molecule has 4 rings (SSSR count). The lowest BCUT2D eigenvalue weighted by Crippen LogP contribution is -2.52. The van der Waals surface area contributed by atoms with Crippen LogP contribution in [0.1, 0.15) is 25.0 Å². The fraction of sp³-hybridized carbons (Fsp3) is 0.364. The van der Waals surface area contributed by atoms with Gasteiger partial charge in [-0.25, -0.2) is 0 Å².